The van der Waals surface area contributed by atoms with Crippen LogP contribution in [-0.4, -0.2) is 67.5 Å². The Morgan fingerprint density at radius 1 is 0.759 bits per heavy atom. The van der Waals surface area contributed by atoms with Crippen molar-refractivity contribution in [1.29, 1.82) is 0 Å². The van der Waals surface area contributed by atoms with Gasteiger partial charge in [-0.3, -0.25) is 9.59 Å². The number of aromatic hydroxyl groups is 1. The first-order valence-electron chi connectivity index (χ1n) is 18.8. The zero-order chi connectivity index (χ0) is 40.3. The van der Waals surface area contributed by atoms with E-state index in [1.807, 2.05) is 6.07 Å². The SMILES string of the molecule is C[C@]12CCC3c4ccc(O)cc4[C@@H](O)[C@@H](CCCCCCCCCC(CCC(F)(F)C(F)(F)C(F)(F)C(F)(F)F)(C(=O)O)C(=O)O)C3C1C[C@@H](O)C21CC1. The zero-order valence-corrected chi connectivity index (χ0v) is 30.0. The van der Waals surface area contributed by atoms with Crippen LogP contribution < -0.4 is 0 Å². The fraction of sp³-hybridized carbons (Fsp3) is 0.789. The Labute approximate surface area is 307 Å². The molecule has 7 nitrogen and oxygen atoms in total. The Balaban J connectivity index is 1.13. The van der Waals surface area contributed by atoms with Crippen molar-refractivity contribution in [1.82, 2.24) is 0 Å². The Morgan fingerprint density at radius 2 is 1.33 bits per heavy atom. The van der Waals surface area contributed by atoms with Crippen LogP contribution in [0.25, 0.3) is 0 Å². The average molecular weight is 789 g/mol. The van der Waals surface area contributed by atoms with E-state index in [1.165, 1.54) is 0 Å². The lowest BCUT2D eigenvalue weighted by atomic mass is 9.50. The highest BCUT2D eigenvalue weighted by atomic mass is 19.4. The van der Waals surface area contributed by atoms with Gasteiger partial charge in [0, 0.05) is 11.8 Å². The molecule has 3 saturated carbocycles. The number of carboxylic acids is 2. The summed E-state index contributed by atoms with van der Waals surface area (Å²) in [5.41, 5.74) is -1.41. The third-order valence-corrected chi connectivity index (χ3v) is 14.0. The quantitative estimate of drug-likeness (QED) is 0.0603. The van der Waals surface area contributed by atoms with E-state index in [2.05, 4.69) is 6.92 Å². The molecule has 0 aromatic heterocycles. The third-order valence-electron chi connectivity index (χ3n) is 14.0. The monoisotopic (exact) mass is 788 g/mol. The van der Waals surface area contributed by atoms with Crippen LogP contribution in [-0.2, 0) is 9.59 Å². The van der Waals surface area contributed by atoms with Crippen LogP contribution in [0.15, 0.2) is 18.2 Å². The maximum Gasteiger partial charge on any atom is 0.460 e. The molecule has 0 heterocycles. The zero-order valence-electron chi connectivity index (χ0n) is 30.0. The summed E-state index contributed by atoms with van der Waals surface area (Å²) in [5.74, 6) is -24.1. The number of hydrogen-bond acceptors (Lipinski definition) is 5. The highest BCUT2D eigenvalue weighted by Gasteiger charge is 2.81. The first-order valence-corrected chi connectivity index (χ1v) is 18.8. The number of rotatable bonds is 17. The van der Waals surface area contributed by atoms with E-state index in [9.17, 15) is 74.6 Å². The van der Waals surface area contributed by atoms with Crippen molar-refractivity contribution in [2.45, 2.75) is 152 Å². The predicted molar refractivity (Wildman–Crippen MR) is 175 cm³/mol. The number of aliphatic carboxylic acids is 2. The second kappa shape index (κ2) is 14.6. The lowest BCUT2D eigenvalue weighted by Crippen LogP contribution is -2.61. The van der Waals surface area contributed by atoms with Gasteiger partial charge in [0.05, 0.1) is 12.2 Å². The number of phenols is 1. The molecule has 306 valence electrons. The number of hydrogen-bond donors (Lipinski definition) is 5. The highest BCUT2D eigenvalue weighted by Crippen LogP contribution is 2.76. The second-order valence-electron chi connectivity index (χ2n) is 16.6. The summed E-state index contributed by atoms with van der Waals surface area (Å²) < 4.78 is 120. The smallest absolute Gasteiger partial charge is 0.460 e. The van der Waals surface area contributed by atoms with Gasteiger partial charge in [0.2, 0.25) is 0 Å². The van der Waals surface area contributed by atoms with Crippen LogP contribution in [0.4, 0.5) is 39.5 Å². The van der Waals surface area contributed by atoms with Gasteiger partial charge in [-0.1, -0.05) is 57.9 Å². The molecular formula is C38H49F9O7. The highest BCUT2D eigenvalue weighted by molar-refractivity contribution is 5.98. The van der Waals surface area contributed by atoms with Crippen molar-refractivity contribution in [2.24, 2.45) is 34.0 Å². The van der Waals surface area contributed by atoms with Crippen molar-refractivity contribution >= 4 is 11.9 Å². The van der Waals surface area contributed by atoms with Crippen molar-refractivity contribution in [2.75, 3.05) is 0 Å². The largest absolute Gasteiger partial charge is 0.508 e. The number of aliphatic hydroxyl groups excluding tert-OH is 2. The van der Waals surface area contributed by atoms with Gasteiger partial charge < -0.3 is 25.5 Å². The molecule has 4 aliphatic rings. The van der Waals surface area contributed by atoms with Crippen LogP contribution in [0.5, 0.6) is 5.75 Å². The van der Waals surface area contributed by atoms with E-state index in [0.717, 1.165) is 49.7 Å². The van der Waals surface area contributed by atoms with Gasteiger partial charge in [0.25, 0.3) is 0 Å². The Hall–Kier alpha value is -2.75. The van der Waals surface area contributed by atoms with Crippen molar-refractivity contribution in [3.05, 3.63) is 29.3 Å². The number of aliphatic hydroxyl groups is 2. The minimum absolute atomic E-state index is 0.0212. The Kier molecular flexibility index (Phi) is 11.5. The van der Waals surface area contributed by atoms with Gasteiger partial charge in [-0.2, -0.15) is 39.5 Å². The van der Waals surface area contributed by atoms with Crippen LogP contribution in [0.2, 0.25) is 0 Å². The molecule has 0 radical (unpaired) electrons. The second-order valence-corrected chi connectivity index (χ2v) is 16.6. The molecule has 5 rings (SSSR count). The molecule has 1 aromatic carbocycles. The van der Waals surface area contributed by atoms with Crippen molar-refractivity contribution < 1.29 is 74.6 Å². The normalized spacial score (nSPS) is 29.4. The van der Waals surface area contributed by atoms with E-state index in [4.69, 9.17) is 0 Å². The maximum atomic E-state index is 14.2. The summed E-state index contributed by atoms with van der Waals surface area (Å²) in [6.07, 6.45) is -4.80. The number of halogens is 9. The molecule has 16 heteroatoms. The standard InChI is InChI=1S/C38H49F9O7/c1-32-14-12-23-22-11-10-21(48)19-25(22)29(50)24(28(23)26(32)20-27(49)34(32)16-17-34)9-7-5-3-2-4-6-8-13-33(30(51)52,31(53)54)15-18-35(39,40)36(41,42)37(43,44)38(45,46)47/h10-11,19,23-24,26-29,48-50H,2-9,12-18,20H2,1H3,(H,51,52)(H,53,54)/t23?,24-,26?,27+,28?,29-,32-/m0/s1. The summed E-state index contributed by atoms with van der Waals surface area (Å²) in [4.78, 5) is 23.8. The number of carbonyl (C=O) groups is 2. The number of fused-ring (bicyclic) bond motifs is 6. The molecule has 4 aliphatic carbocycles. The van der Waals surface area contributed by atoms with Crippen molar-refractivity contribution in [3.63, 3.8) is 0 Å². The number of unbranched alkanes of at least 4 members (excludes halogenated alkanes) is 6. The topological polar surface area (TPSA) is 135 Å². The van der Waals surface area contributed by atoms with E-state index >= 15 is 0 Å². The number of benzene rings is 1. The molecule has 1 spiro atoms. The summed E-state index contributed by atoms with van der Waals surface area (Å²) in [7, 11) is 0. The number of phenolic OH excluding ortho intramolecular Hbond substituents is 1. The van der Waals surface area contributed by atoms with Crippen LogP contribution in [0, 0.1) is 34.0 Å². The molecule has 0 aliphatic heterocycles. The summed E-state index contributed by atoms with van der Waals surface area (Å²) in [6.45, 7) is 2.30. The molecule has 54 heavy (non-hydrogen) atoms. The van der Waals surface area contributed by atoms with Crippen LogP contribution in [0.3, 0.4) is 0 Å². The molecule has 1 aromatic rings. The summed E-state index contributed by atoms with van der Waals surface area (Å²) in [6, 6.07) is 5.20. The first kappa shape index (κ1) is 42.4. The van der Waals surface area contributed by atoms with E-state index < -0.39 is 66.7 Å². The average Bonchev–Trinajstić information content (AvgIpc) is 3.86. The van der Waals surface area contributed by atoms with E-state index in [0.29, 0.717) is 32.1 Å². The number of carboxylic acid groups (broad SMARTS) is 2. The Morgan fingerprint density at radius 3 is 1.89 bits per heavy atom. The third kappa shape index (κ3) is 6.86. The maximum absolute atomic E-state index is 14.2. The van der Waals surface area contributed by atoms with E-state index in [1.54, 1.807) is 12.1 Å². The fourth-order valence-corrected chi connectivity index (χ4v) is 10.6. The van der Waals surface area contributed by atoms with Crippen LogP contribution in [0.1, 0.15) is 133 Å². The van der Waals surface area contributed by atoms with Gasteiger partial charge in [-0.25, -0.2) is 0 Å². The minimum atomic E-state index is -7.16. The molecule has 0 saturated heterocycles. The van der Waals surface area contributed by atoms with Gasteiger partial charge in [0.15, 0.2) is 5.41 Å². The molecule has 7 atom stereocenters. The minimum Gasteiger partial charge on any atom is -0.508 e. The fourth-order valence-electron chi connectivity index (χ4n) is 10.6. The summed E-state index contributed by atoms with van der Waals surface area (Å²) >= 11 is 0. The predicted octanol–water partition coefficient (Wildman–Crippen LogP) is 9.63. The lowest BCUT2D eigenvalue weighted by Gasteiger charge is -2.55. The summed E-state index contributed by atoms with van der Waals surface area (Å²) in [5, 5.41) is 52.3. The number of alkyl halides is 9. The molecule has 0 bridgehead atoms. The molecule has 5 N–H and O–H groups in total. The van der Waals surface area contributed by atoms with Gasteiger partial charge in [-0.15, -0.1) is 0 Å². The molecule has 3 unspecified atom stereocenters. The van der Waals surface area contributed by atoms with Gasteiger partial charge >= 0.3 is 35.9 Å². The lowest BCUT2D eigenvalue weighted by molar-refractivity contribution is -0.397. The molecule has 0 amide bonds. The Bertz CT molecular complexity index is 1530. The van der Waals surface area contributed by atoms with E-state index in [-0.39, 0.29) is 59.2 Å². The van der Waals surface area contributed by atoms with Gasteiger partial charge in [0.1, 0.15) is 5.75 Å². The van der Waals surface area contributed by atoms with Crippen molar-refractivity contribution in [3.8, 4) is 5.75 Å². The first-order chi connectivity index (χ1) is 24.9. The van der Waals surface area contributed by atoms with Gasteiger partial charge in [-0.05, 0) is 104 Å². The molecular weight excluding hydrogens is 739 g/mol. The van der Waals surface area contributed by atoms with Crippen LogP contribution >= 0.6 is 0 Å². The molecule has 3 fully saturated rings.